The molecular formula is C32H36ClF2N7O2Si. The van der Waals surface area contributed by atoms with E-state index >= 15 is 0 Å². The summed E-state index contributed by atoms with van der Waals surface area (Å²) in [5.74, 6) is -0.568. The number of hydrogen-bond acceptors (Lipinski definition) is 7. The first-order valence-corrected chi connectivity index (χ1v) is 19.4. The number of aromatic nitrogens is 6. The van der Waals surface area contributed by atoms with E-state index in [1.54, 1.807) is 18.5 Å². The van der Waals surface area contributed by atoms with Crippen molar-refractivity contribution in [2.45, 2.75) is 70.2 Å². The molecule has 0 spiro atoms. The number of ether oxygens (including phenoxy) is 2. The van der Waals surface area contributed by atoms with Gasteiger partial charge in [-0.2, -0.15) is 5.10 Å². The molecule has 0 unspecified atom stereocenters. The van der Waals surface area contributed by atoms with Gasteiger partial charge in [-0.1, -0.05) is 31.2 Å². The molecule has 1 aliphatic carbocycles. The third-order valence-corrected chi connectivity index (χ3v) is 10.8. The van der Waals surface area contributed by atoms with Gasteiger partial charge in [-0.05, 0) is 50.1 Å². The third-order valence-electron chi connectivity index (χ3n) is 8.72. The molecule has 236 valence electrons. The van der Waals surface area contributed by atoms with E-state index in [0.717, 1.165) is 47.9 Å². The molecule has 1 saturated carbocycles. The van der Waals surface area contributed by atoms with Crippen LogP contribution in [0.5, 0.6) is 11.5 Å². The SMILES string of the molecule is Cc1nc2ccc(Oc3ccc4ncc(-c5cnn(C6CC(N7CC(F)(F)C7)C6)c5)nc4c3Cl)cc2n1COCC[Si](C)(C)C. The Balaban J connectivity index is 1.07. The molecule has 2 aliphatic rings. The molecule has 45 heavy (non-hydrogen) atoms. The lowest BCUT2D eigenvalue weighted by atomic mass is 9.83. The zero-order valence-electron chi connectivity index (χ0n) is 25.8. The summed E-state index contributed by atoms with van der Waals surface area (Å²) in [5.41, 5.74) is 4.42. The monoisotopic (exact) mass is 651 g/mol. The van der Waals surface area contributed by atoms with Gasteiger partial charge in [0, 0.05) is 38.5 Å². The van der Waals surface area contributed by atoms with Gasteiger partial charge >= 0.3 is 0 Å². The van der Waals surface area contributed by atoms with Crippen LogP contribution in [0.15, 0.2) is 48.9 Å². The van der Waals surface area contributed by atoms with Crippen LogP contribution in [0.2, 0.25) is 30.7 Å². The largest absolute Gasteiger partial charge is 0.456 e. The first-order valence-electron chi connectivity index (χ1n) is 15.3. The highest BCUT2D eigenvalue weighted by atomic mass is 35.5. The van der Waals surface area contributed by atoms with Gasteiger partial charge < -0.3 is 14.0 Å². The summed E-state index contributed by atoms with van der Waals surface area (Å²) in [4.78, 5) is 16.0. The Morgan fingerprint density at radius 3 is 2.56 bits per heavy atom. The molecule has 0 radical (unpaired) electrons. The molecule has 4 heterocycles. The Morgan fingerprint density at radius 2 is 1.80 bits per heavy atom. The van der Waals surface area contributed by atoms with E-state index in [0.29, 0.717) is 40.0 Å². The minimum atomic E-state index is -2.54. The van der Waals surface area contributed by atoms with Gasteiger partial charge in [-0.15, -0.1) is 0 Å². The van der Waals surface area contributed by atoms with Crippen LogP contribution in [-0.2, 0) is 11.5 Å². The number of rotatable bonds is 10. The summed E-state index contributed by atoms with van der Waals surface area (Å²) >= 11 is 6.86. The van der Waals surface area contributed by atoms with Crippen LogP contribution in [0.1, 0.15) is 24.7 Å². The normalized spacial score (nSPS) is 20.0. The molecule has 9 nitrogen and oxygen atoms in total. The smallest absolute Gasteiger partial charge is 0.272 e. The minimum Gasteiger partial charge on any atom is -0.456 e. The molecule has 2 aromatic carbocycles. The molecule has 13 heteroatoms. The van der Waals surface area contributed by atoms with E-state index in [-0.39, 0.29) is 25.2 Å². The molecule has 1 saturated heterocycles. The number of benzene rings is 2. The second kappa shape index (κ2) is 11.4. The Labute approximate surface area is 266 Å². The highest BCUT2D eigenvalue weighted by Crippen LogP contribution is 2.41. The Kier molecular flexibility index (Phi) is 7.66. The lowest BCUT2D eigenvalue weighted by Crippen LogP contribution is -2.62. The van der Waals surface area contributed by atoms with Gasteiger partial charge in [0.1, 0.15) is 34.6 Å². The maximum Gasteiger partial charge on any atom is 0.272 e. The van der Waals surface area contributed by atoms with Crippen molar-refractivity contribution in [2.75, 3.05) is 19.7 Å². The van der Waals surface area contributed by atoms with Crippen molar-refractivity contribution in [3.05, 3.63) is 59.8 Å². The van der Waals surface area contributed by atoms with Gasteiger partial charge in [0.2, 0.25) is 0 Å². The van der Waals surface area contributed by atoms with Crippen LogP contribution in [0.3, 0.4) is 0 Å². The third kappa shape index (κ3) is 6.20. The summed E-state index contributed by atoms with van der Waals surface area (Å²) < 4.78 is 42.7. The summed E-state index contributed by atoms with van der Waals surface area (Å²) in [5, 5.41) is 4.90. The zero-order valence-corrected chi connectivity index (χ0v) is 27.6. The van der Waals surface area contributed by atoms with E-state index in [2.05, 4.69) is 39.3 Å². The van der Waals surface area contributed by atoms with Crippen LogP contribution in [-0.4, -0.2) is 73.9 Å². The molecular weight excluding hydrogens is 616 g/mol. The zero-order chi connectivity index (χ0) is 31.5. The lowest BCUT2D eigenvalue weighted by molar-refractivity contribution is -0.160. The summed E-state index contributed by atoms with van der Waals surface area (Å²) in [6, 6.07) is 10.9. The van der Waals surface area contributed by atoms with E-state index in [1.165, 1.54) is 0 Å². The molecule has 0 bridgehead atoms. The summed E-state index contributed by atoms with van der Waals surface area (Å²) in [7, 11) is -1.18. The fourth-order valence-electron chi connectivity index (χ4n) is 5.90. The second-order valence-electron chi connectivity index (χ2n) is 13.4. The molecule has 0 atom stereocenters. The number of nitrogens with zero attached hydrogens (tertiary/aromatic N) is 7. The fraction of sp³-hybridized carbons (Fsp3) is 0.438. The number of alkyl halides is 2. The van der Waals surface area contributed by atoms with Crippen molar-refractivity contribution >= 4 is 41.7 Å². The van der Waals surface area contributed by atoms with Crippen LogP contribution in [0.25, 0.3) is 33.3 Å². The van der Waals surface area contributed by atoms with Crippen molar-refractivity contribution in [3.63, 3.8) is 0 Å². The predicted molar refractivity (Wildman–Crippen MR) is 173 cm³/mol. The molecule has 7 rings (SSSR count). The average molecular weight is 652 g/mol. The van der Waals surface area contributed by atoms with Crippen LogP contribution < -0.4 is 4.74 Å². The standard InChI is InChI=1S/C32H36ClF2N7O2Si/c1-20-38-25-6-5-24(13-28(25)41(20)19-43-9-10-45(2,3)4)44-29-8-7-26-31(30(29)33)39-27(15-36-26)21-14-37-42(16-21)23-11-22(12-23)40-17-32(34,35)18-40/h5-8,13-16,22-23H,9-12,17-19H2,1-4H3. The topological polar surface area (TPSA) is 83.1 Å². The van der Waals surface area contributed by atoms with E-state index in [4.69, 9.17) is 26.1 Å². The minimum absolute atomic E-state index is 0.138. The maximum absolute atomic E-state index is 13.2. The quantitative estimate of drug-likeness (QED) is 0.114. The van der Waals surface area contributed by atoms with Gasteiger partial charge in [0.25, 0.3) is 5.92 Å². The molecule has 0 N–H and O–H groups in total. The molecule has 2 fully saturated rings. The van der Waals surface area contributed by atoms with Gasteiger partial charge in [0.05, 0.1) is 53.8 Å². The number of hydrogen-bond donors (Lipinski definition) is 0. The van der Waals surface area contributed by atoms with E-state index < -0.39 is 14.0 Å². The Morgan fingerprint density at radius 1 is 1.02 bits per heavy atom. The predicted octanol–water partition coefficient (Wildman–Crippen LogP) is 7.56. The second-order valence-corrected chi connectivity index (χ2v) is 19.4. The molecule has 3 aromatic heterocycles. The summed E-state index contributed by atoms with van der Waals surface area (Å²) in [6.45, 7) is 9.87. The van der Waals surface area contributed by atoms with Crippen LogP contribution in [0, 0.1) is 6.92 Å². The molecule has 5 aromatic rings. The van der Waals surface area contributed by atoms with Crippen LogP contribution in [0.4, 0.5) is 8.78 Å². The molecule has 1 aliphatic heterocycles. The van der Waals surface area contributed by atoms with E-state index in [9.17, 15) is 8.78 Å². The lowest BCUT2D eigenvalue weighted by Gasteiger charge is -2.50. The van der Waals surface area contributed by atoms with Gasteiger partial charge in [0.15, 0.2) is 0 Å². The first kappa shape index (κ1) is 30.2. The average Bonchev–Trinajstić information content (AvgIpc) is 3.54. The van der Waals surface area contributed by atoms with Crippen molar-refractivity contribution in [3.8, 4) is 22.8 Å². The number of halogens is 3. The van der Waals surface area contributed by atoms with Crippen LogP contribution >= 0.6 is 11.6 Å². The van der Waals surface area contributed by atoms with Gasteiger partial charge in [-0.3, -0.25) is 14.6 Å². The number of aryl methyl sites for hydroxylation is 1. The Bertz CT molecular complexity index is 1880. The van der Waals surface area contributed by atoms with Crippen molar-refractivity contribution in [2.24, 2.45) is 0 Å². The van der Waals surface area contributed by atoms with Crippen molar-refractivity contribution in [1.29, 1.82) is 0 Å². The van der Waals surface area contributed by atoms with Crippen molar-refractivity contribution < 1.29 is 18.3 Å². The first-order chi connectivity index (χ1) is 21.4. The highest BCUT2D eigenvalue weighted by molar-refractivity contribution is 6.76. The number of likely N-dealkylation sites (tertiary alicyclic amines) is 1. The highest BCUT2D eigenvalue weighted by Gasteiger charge is 2.49. The summed E-state index contributed by atoms with van der Waals surface area (Å²) in [6.07, 6.45) is 7.01. The maximum atomic E-state index is 13.2. The van der Waals surface area contributed by atoms with E-state index in [1.807, 2.05) is 47.0 Å². The number of imidazole rings is 1. The number of fused-ring (bicyclic) bond motifs is 2. The van der Waals surface area contributed by atoms with Gasteiger partial charge in [-0.25, -0.2) is 18.7 Å². The Hall–Kier alpha value is -3.45. The van der Waals surface area contributed by atoms with Crippen molar-refractivity contribution in [1.82, 2.24) is 34.2 Å². The molecule has 0 amide bonds. The fourth-order valence-corrected chi connectivity index (χ4v) is 6.90.